The minimum absolute atomic E-state index is 0.0837. The molecule has 0 radical (unpaired) electrons. The van der Waals surface area contributed by atoms with E-state index >= 15 is 0 Å². The Bertz CT molecular complexity index is 261. The summed E-state index contributed by atoms with van der Waals surface area (Å²) < 4.78 is 4.95. The number of carbonyl (C=O) groups excluding carboxylic acids is 1. The van der Waals surface area contributed by atoms with E-state index in [2.05, 4.69) is 13.5 Å². The lowest BCUT2D eigenvalue weighted by atomic mass is 10.0. The molecule has 0 N–H and O–H groups in total. The first-order valence-corrected chi connectivity index (χ1v) is 10.1. The van der Waals surface area contributed by atoms with Crippen LogP contribution in [-0.4, -0.2) is 12.6 Å². The summed E-state index contributed by atoms with van der Waals surface area (Å²) in [4.78, 5) is 11.3. The van der Waals surface area contributed by atoms with Crippen LogP contribution in [0.4, 0.5) is 0 Å². The van der Waals surface area contributed by atoms with Crippen molar-refractivity contribution in [1.29, 1.82) is 0 Å². The molecule has 0 fully saturated rings. The molecule has 0 aromatic rings. The molecule has 0 saturated carbocycles. The Morgan fingerprint density at radius 2 is 1.13 bits per heavy atom. The third-order valence-electron chi connectivity index (χ3n) is 4.35. The SMILES string of the molecule is C=CCOC(=O)CCCCCCCCCCCCCCCCC. The molecule has 0 unspecified atom stereocenters. The van der Waals surface area contributed by atoms with E-state index in [1.165, 1.54) is 83.5 Å². The quantitative estimate of drug-likeness (QED) is 0.154. The molecule has 0 rings (SSSR count). The molecule has 0 atom stereocenters. The third-order valence-corrected chi connectivity index (χ3v) is 4.35. The summed E-state index contributed by atoms with van der Waals surface area (Å²) in [6, 6.07) is 0. The average Bonchev–Trinajstić information content (AvgIpc) is 2.56. The predicted molar refractivity (Wildman–Crippen MR) is 101 cm³/mol. The maximum absolute atomic E-state index is 11.3. The minimum Gasteiger partial charge on any atom is -0.461 e. The van der Waals surface area contributed by atoms with Crippen LogP contribution < -0.4 is 0 Å². The Labute approximate surface area is 145 Å². The molecule has 2 heteroatoms. The first-order valence-electron chi connectivity index (χ1n) is 10.1. The van der Waals surface area contributed by atoms with Crippen molar-refractivity contribution >= 4 is 5.97 Å². The number of hydrogen-bond acceptors (Lipinski definition) is 2. The van der Waals surface area contributed by atoms with Crippen LogP contribution in [0, 0.1) is 0 Å². The van der Waals surface area contributed by atoms with Crippen LogP contribution >= 0.6 is 0 Å². The van der Waals surface area contributed by atoms with Gasteiger partial charge in [-0.2, -0.15) is 0 Å². The van der Waals surface area contributed by atoms with Crippen molar-refractivity contribution in [3.8, 4) is 0 Å². The van der Waals surface area contributed by atoms with E-state index in [9.17, 15) is 4.79 Å². The summed E-state index contributed by atoms with van der Waals surface area (Å²) in [5.41, 5.74) is 0. The fourth-order valence-corrected chi connectivity index (χ4v) is 2.86. The zero-order valence-corrected chi connectivity index (χ0v) is 15.6. The normalized spacial score (nSPS) is 10.7. The minimum atomic E-state index is -0.0837. The van der Waals surface area contributed by atoms with Crippen molar-refractivity contribution in [2.45, 2.75) is 110 Å². The highest BCUT2D eigenvalue weighted by molar-refractivity contribution is 5.69. The van der Waals surface area contributed by atoms with E-state index < -0.39 is 0 Å². The van der Waals surface area contributed by atoms with Gasteiger partial charge >= 0.3 is 5.97 Å². The van der Waals surface area contributed by atoms with E-state index in [-0.39, 0.29) is 5.97 Å². The second-order valence-electron chi connectivity index (χ2n) is 6.67. The van der Waals surface area contributed by atoms with E-state index in [0.717, 1.165) is 12.8 Å². The molecule has 0 aliphatic heterocycles. The Balaban J connectivity index is 3.05. The highest BCUT2D eigenvalue weighted by atomic mass is 16.5. The molecule has 0 heterocycles. The molecule has 0 aliphatic carbocycles. The van der Waals surface area contributed by atoms with Crippen LogP contribution in [0.5, 0.6) is 0 Å². The second kappa shape index (κ2) is 19.3. The van der Waals surface area contributed by atoms with E-state index in [4.69, 9.17) is 4.74 Å². The van der Waals surface area contributed by atoms with Crippen LogP contribution in [-0.2, 0) is 9.53 Å². The number of ether oxygens (including phenoxy) is 1. The lowest BCUT2D eigenvalue weighted by Crippen LogP contribution is -2.03. The maximum Gasteiger partial charge on any atom is 0.306 e. The third kappa shape index (κ3) is 19.2. The van der Waals surface area contributed by atoms with Crippen molar-refractivity contribution < 1.29 is 9.53 Å². The summed E-state index contributed by atoms with van der Waals surface area (Å²) in [7, 11) is 0. The Hall–Kier alpha value is -0.790. The van der Waals surface area contributed by atoms with Gasteiger partial charge in [0.25, 0.3) is 0 Å². The van der Waals surface area contributed by atoms with Crippen molar-refractivity contribution in [1.82, 2.24) is 0 Å². The number of rotatable bonds is 18. The van der Waals surface area contributed by atoms with Gasteiger partial charge in [-0.05, 0) is 6.42 Å². The van der Waals surface area contributed by atoms with Crippen LogP contribution in [0.15, 0.2) is 12.7 Å². The largest absolute Gasteiger partial charge is 0.461 e. The molecule has 0 spiro atoms. The zero-order chi connectivity index (χ0) is 17.0. The molecular formula is C21H40O2. The van der Waals surface area contributed by atoms with Gasteiger partial charge in [-0.25, -0.2) is 0 Å². The highest BCUT2D eigenvalue weighted by Gasteiger charge is 2.00. The molecule has 0 bridgehead atoms. The molecule has 0 saturated heterocycles. The van der Waals surface area contributed by atoms with Crippen molar-refractivity contribution in [2.75, 3.05) is 6.61 Å². The molecule has 0 aliphatic rings. The molecule has 136 valence electrons. The van der Waals surface area contributed by atoms with Crippen LogP contribution in [0.3, 0.4) is 0 Å². The molecule has 0 aromatic carbocycles. The lowest BCUT2D eigenvalue weighted by molar-refractivity contribution is -0.142. The molecule has 0 aromatic heterocycles. The van der Waals surface area contributed by atoms with Gasteiger partial charge < -0.3 is 4.74 Å². The Morgan fingerprint density at radius 1 is 0.739 bits per heavy atom. The lowest BCUT2D eigenvalue weighted by Gasteiger charge is -2.04. The fraction of sp³-hybridized carbons (Fsp3) is 0.857. The van der Waals surface area contributed by atoms with E-state index in [1.54, 1.807) is 6.08 Å². The van der Waals surface area contributed by atoms with Gasteiger partial charge in [0.05, 0.1) is 0 Å². The number of unbranched alkanes of at least 4 members (excludes halogenated alkanes) is 14. The standard InChI is InChI=1S/C21H40O2/c1-3-5-6-7-8-9-10-11-12-13-14-15-16-17-18-19-21(22)23-20-4-2/h4H,2-3,5-20H2,1H3. The van der Waals surface area contributed by atoms with Gasteiger partial charge in [0.1, 0.15) is 6.61 Å². The van der Waals surface area contributed by atoms with Gasteiger partial charge in [-0.1, -0.05) is 109 Å². The summed E-state index contributed by atoms with van der Waals surface area (Å²) in [5, 5.41) is 0. The van der Waals surface area contributed by atoms with Crippen LogP contribution in [0.1, 0.15) is 110 Å². The topological polar surface area (TPSA) is 26.3 Å². The smallest absolute Gasteiger partial charge is 0.306 e. The van der Waals surface area contributed by atoms with Gasteiger partial charge in [-0.15, -0.1) is 0 Å². The van der Waals surface area contributed by atoms with Crippen molar-refractivity contribution in [3.05, 3.63) is 12.7 Å². The average molecular weight is 325 g/mol. The highest BCUT2D eigenvalue weighted by Crippen LogP contribution is 2.13. The zero-order valence-electron chi connectivity index (χ0n) is 15.6. The molecule has 0 amide bonds. The van der Waals surface area contributed by atoms with Gasteiger partial charge in [-0.3, -0.25) is 4.79 Å². The van der Waals surface area contributed by atoms with E-state index in [0.29, 0.717) is 13.0 Å². The number of esters is 1. The molecular weight excluding hydrogens is 284 g/mol. The van der Waals surface area contributed by atoms with Gasteiger partial charge in [0.15, 0.2) is 0 Å². The van der Waals surface area contributed by atoms with Gasteiger partial charge in [0, 0.05) is 6.42 Å². The second-order valence-corrected chi connectivity index (χ2v) is 6.67. The summed E-state index contributed by atoms with van der Waals surface area (Å²) in [5.74, 6) is -0.0837. The summed E-state index contributed by atoms with van der Waals surface area (Å²) in [6.45, 7) is 6.15. The molecule has 23 heavy (non-hydrogen) atoms. The first kappa shape index (κ1) is 22.2. The summed E-state index contributed by atoms with van der Waals surface area (Å²) >= 11 is 0. The van der Waals surface area contributed by atoms with Gasteiger partial charge in [0.2, 0.25) is 0 Å². The van der Waals surface area contributed by atoms with Crippen LogP contribution in [0.25, 0.3) is 0 Å². The Kier molecular flexibility index (Phi) is 18.6. The summed E-state index contributed by atoms with van der Waals surface area (Å²) in [6.07, 6.45) is 22.4. The monoisotopic (exact) mass is 324 g/mol. The Morgan fingerprint density at radius 3 is 1.52 bits per heavy atom. The van der Waals surface area contributed by atoms with Crippen molar-refractivity contribution in [2.24, 2.45) is 0 Å². The van der Waals surface area contributed by atoms with Crippen LogP contribution in [0.2, 0.25) is 0 Å². The number of hydrogen-bond donors (Lipinski definition) is 0. The first-order chi connectivity index (χ1) is 11.3. The maximum atomic E-state index is 11.3. The van der Waals surface area contributed by atoms with Crippen molar-refractivity contribution in [3.63, 3.8) is 0 Å². The number of carbonyl (C=O) groups is 1. The predicted octanol–water partition coefficient (Wildman–Crippen LogP) is 6.98. The van der Waals surface area contributed by atoms with E-state index in [1.807, 2.05) is 0 Å². The fourth-order valence-electron chi connectivity index (χ4n) is 2.86. The molecule has 2 nitrogen and oxygen atoms in total.